The minimum atomic E-state index is 1.20. The molecule has 6 aromatic rings. The summed E-state index contributed by atoms with van der Waals surface area (Å²) in [4.78, 5) is 1.32. The van der Waals surface area contributed by atoms with Crippen LogP contribution in [0.2, 0.25) is 0 Å². The molecule has 29 heavy (non-hydrogen) atoms. The van der Waals surface area contributed by atoms with Crippen LogP contribution < -0.4 is 0 Å². The summed E-state index contributed by atoms with van der Waals surface area (Å²) in [7, 11) is 0. The number of hydrogen-bond donors (Lipinski definition) is 0. The number of thiophene rings is 1. The Labute approximate surface area is 173 Å². The van der Waals surface area contributed by atoms with Gasteiger partial charge in [-0.2, -0.15) is 0 Å². The molecule has 0 bridgehead atoms. The number of rotatable bonds is 2. The first-order chi connectivity index (χ1) is 14.3. The van der Waals surface area contributed by atoms with E-state index < -0.39 is 0 Å². The number of aryl methyl sites for hydroxylation is 1. The smallest absolute Gasteiger partial charge is 0.0541 e. The second kappa shape index (κ2) is 6.33. The molecule has 138 valence electrons. The van der Waals surface area contributed by atoms with Crippen LogP contribution >= 0.6 is 11.3 Å². The molecule has 6 rings (SSSR count). The zero-order valence-corrected chi connectivity index (χ0v) is 16.9. The lowest BCUT2D eigenvalue weighted by molar-refractivity contribution is 1.18. The maximum Gasteiger partial charge on any atom is 0.0541 e. The van der Waals surface area contributed by atoms with Gasteiger partial charge in [-0.15, -0.1) is 11.3 Å². The fourth-order valence-electron chi connectivity index (χ4n) is 4.27. The van der Waals surface area contributed by atoms with Gasteiger partial charge in [0.05, 0.1) is 11.0 Å². The van der Waals surface area contributed by atoms with E-state index in [1.54, 1.807) is 0 Å². The summed E-state index contributed by atoms with van der Waals surface area (Å²) in [6.45, 7) is 2.17. The van der Waals surface area contributed by atoms with Crippen LogP contribution in [0.15, 0.2) is 97.1 Å². The van der Waals surface area contributed by atoms with E-state index >= 15 is 0 Å². The van der Waals surface area contributed by atoms with Gasteiger partial charge in [-0.05, 0) is 66.4 Å². The number of para-hydroxylation sites is 1. The van der Waals surface area contributed by atoms with E-state index in [0.717, 1.165) is 0 Å². The average molecular weight is 390 g/mol. The van der Waals surface area contributed by atoms with Gasteiger partial charge < -0.3 is 4.57 Å². The molecule has 0 atom stereocenters. The van der Waals surface area contributed by atoms with Crippen molar-refractivity contribution in [3.63, 3.8) is 0 Å². The maximum atomic E-state index is 2.37. The summed E-state index contributed by atoms with van der Waals surface area (Å²) < 4.78 is 3.71. The predicted molar refractivity (Wildman–Crippen MR) is 126 cm³/mol. The number of aromatic nitrogens is 1. The normalized spacial score (nSPS) is 11.6. The Morgan fingerprint density at radius 2 is 1.38 bits per heavy atom. The van der Waals surface area contributed by atoms with Crippen LogP contribution in [0.4, 0.5) is 0 Å². The first-order valence-electron chi connectivity index (χ1n) is 9.87. The average Bonchev–Trinajstić information content (AvgIpc) is 3.33. The monoisotopic (exact) mass is 389 g/mol. The van der Waals surface area contributed by atoms with Crippen LogP contribution in [0.25, 0.3) is 48.0 Å². The molecule has 0 fully saturated rings. The highest BCUT2D eigenvalue weighted by Crippen LogP contribution is 2.38. The number of benzene rings is 4. The molecule has 2 heterocycles. The molecule has 0 aliphatic carbocycles. The summed E-state index contributed by atoms with van der Waals surface area (Å²) in [5, 5.41) is 3.93. The van der Waals surface area contributed by atoms with Gasteiger partial charge in [0, 0.05) is 26.0 Å². The number of hydrogen-bond acceptors (Lipinski definition) is 1. The van der Waals surface area contributed by atoms with Crippen molar-refractivity contribution in [2.24, 2.45) is 0 Å². The predicted octanol–water partition coefficient (Wildman–Crippen LogP) is 7.97. The third-order valence-corrected chi connectivity index (χ3v) is 6.81. The maximum absolute atomic E-state index is 2.37. The van der Waals surface area contributed by atoms with E-state index in [0.29, 0.717) is 0 Å². The molecule has 4 aromatic carbocycles. The van der Waals surface area contributed by atoms with Crippen molar-refractivity contribution in [2.75, 3.05) is 0 Å². The SMILES string of the molecule is Cc1ccc2c(c1)c1cc(-c3cc4ccccc4s3)ccc1n2-c1ccccc1. The molecule has 1 nitrogen and oxygen atoms in total. The Morgan fingerprint density at radius 3 is 2.21 bits per heavy atom. The van der Waals surface area contributed by atoms with Crippen LogP contribution in [0.3, 0.4) is 0 Å². The lowest BCUT2D eigenvalue weighted by Gasteiger charge is -2.07. The highest BCUT2D eigenvalue weighted by molar-refractivity contribution is 7.22. The van der Waals surface area contributed by atoms with Crippen molar-refractivity contribution in [2.45, 2.75) is 6.92 Å². The molecule has 0 N–H and O–H groups in total. The molecule has 2 aromatic heterocycles. The molecule has 0 amide bonds. The first-order valence-corrected chi connectivity index (χ1v) is 10.7. The fourth-order valence-corrected chi connectivity index (χ4v) is 5.33. The van der Waals surface area contributed by atoms with Gasteiger partial charge in [-0.3, -0.25) is 0 Å². The zero-order chi connectivity index (χ0) is 19.4. The molecule has 0 unspecified atom stereocenters. The van der Waals surface area contributed by atoms with Crippen LogP contribution in [0.1, 0.15) is 5.56 Å². The molecular formula is C27H19NS. The molecule has 0 aliphatic heterocycles. The molecular weight excluding hydrogens is 370 g/mol. The van der Waals surface area contributed by atoms with Gasteiger partial charge in [0.2, 0.25) is 0 Å². The Kier molecular flexibility index (Phi) is 3.62. The molecule has 2 heteroatoms. The van der Waals surface area contributed by atoms with Crippen molar-refractivity contribution in [3.8, 4) is 16.1 Å². The van der Waals surface area contributed by atoms with Gasteiger partial charge in [0.1, 0.15) is 0 Å². The first kappa shape index (κ1) is 16.6. The van der Waals surface area contributed by atoms with Crippen molar-refractivity contribution in [1.82, 2.24) is 4.57 Å². The van der Waals surface area contributed by atoms with Gasteiger partial charge in [-0.25, -0.2) is 0 Å². The fraction of sp³-hybridized carbons (Fsp3) is 0.0370. The van der Waals surface area contributed by atoms with Gasteiger partial charge in [-0.1, -0.05) is 54.1 Å². The topological polar surface area (TPSA) is 4.93 Å². The second-order valence-corrected chi connectivity index (χ2v) is 8.66. The molecule has 0 aliphatic rings. The standard InChI is InChI=1S/C27H19NS/c1-18-11-13-24-22(15-18)23-16-20(27-17-19-7-5-6-10-26(19)29-27)12-14-25(23)28(24)21-8-3-2-4-9-21/h2-17H,1H3. The Hall–Kier alpha value is -3.36. The summed E-state index contributed by atoms with van der Waals surface area (Å²) in [6, 6.07) is 35.2. The number of nitrogens with zero attached hydrogens (tertiary/aromatic N) is 1. The molecule has 0 saturated carbocycles. The minimum absolute atomic E-state index is 1.20. The zero-order valence-electron chi connectivity index (χ0n) is 16.1. The Balaban J connectivity index is 1.66. The lowest BCUT2D eigenvalue weighted by Crippen LogP contribution is -1.92. The van der Waals surface area contributed by atoms with Crippen molar-refractivity contribution < 1.29 is 0 Å². The summed E-state index contributed by atoms with van der Waals surface area (Å²) in [5.41, 5.74) is 6.28. The van der Waals surface area contributed by atoms with Crippen LogP contribution in [0.5, 0.6) is 0 Å². The van der Waals surface area contributed by atoms with E-state index in [4.69, 9.17) is 0 Å². The van der Waals surface area contributed by atoms with Gasteiger partial charge >= 0.3 is 0 Å². The summed E-state index contributed by atoms with van der Waals surface area (Å²) in [6.07, 6.45) is 0. The van der Waals surface area contributed by atoms with E-state index in [-0.39, 0.29) is 0 Å². The largest absolute Gasteiger partial charge is 0.309 e. The Bertz CT molecular complexity index is 1470. The summed E-state index contributed by atoms with van der Waals surface area (Å²) in [5.74, 6) is 0. The van der Waals surface area contributed by atoms with E-state index in [9.17, 15) is 0 Å². The molecule has 0 saturated heterocycles. The van der Waals surface area contributed by atoms with Gasteiger partial charge in [0.25, 0.3) is 0 Å². The highest BCUT2D eigenvalue weighted by Gasteiger charge is 2.14. The third kappa shape index (κ3) is 2.60. The van der Waals surface area contributed by atoms with Crippen molar-refractivity contribution >= 4 is 43.2 Å². The number of fused-ring (bicyclic) bond motifs is 4. The van der Waals surface area contributed by atoms with E-state index in [2.05, 4.69) is 109 Å². The molecule has 0 radical (unpaired) electrons. The van der Waals surface area contributed by atoms with Crippen LogP contribution in [0, 0.1) is 6.92 Å². The minimum Gasteiger partial charge on any atom is -0.309 e. The Morgan fingerprint density at radius 1 is 0.655 bits per heavy atom. The van der Waals surface area contributed by atoms with Crippen LogP contribution in [-0.2, 0) is 0 Å². The van der Waals surface area contributed by atoms with E-state index in [1.807, 2.05) is 11.3 Å². The highest BCUT2D eigenvalue weighted by atomic mass is 32.1. The quantitative estimate of drug-likeness (QED) is 0.283. The third-order valence-electron chi connectivity index (χ3n) is 5.65. The van der Waals surface area contributed by atoms with Crippen LogP contribution in [-0.4, -0.2) is 4.57 Å². The van der Waals surface area contributed by atoms with Crippen molar-refractivity contribution in [3.05, 3.63) is 103 Å². The molecule has 0 spiro atoms. The lowest BCUT2D eigenvalue weighted by atomic mass is 10.1. The van der Waals surface area contributed by atoms with Crippen molar-refractivity contribution in [1.29, 1.82) is 0 Å². The summed E-state index contributed by atoms with van der Waals surface area (Å²) >= 11 is 1.86. The second-order valence-electron chi connectivity index (χ2n) is 7.57. The van der Waals surface area contributed by atoms with E-state index in [1.165, 1.54) is 53.6 Å². The van der Waals surface area contributed by atoms with Gasteiger partial charge in [0.15, 0.2) is 0 Å².